The predicted octanol–water partition coefficient (Wildman–Crippen LogP) is 2.87. The smallest absolute Gasteiger partial charge is 0.221 e. The highest BCUT2D eigenvalue weighted by atomic mass is 35.5. The molecule has 0 aromatic heterocycles. The number of halogens is 1. The lowest BCUT2D eigenvalue weighted by Gasteiger charge is -2.12. The lowest BCUT2D eigenvalue weighted by atomic mass is 9.98. The lowest BCUT2D eigenvalue weighted by molar-refractivity contribution is 0.0739. The standard InChI is InChI=1S/C18H31N5O2.ClH/c1-12(2)16-8-7-15(11-14(16)5)24-9-6-10-25-23-18(20)22-17(19)21-13(3)4;/h7-8,11-13H,6,9-10H2,1-5H3,(H5,19,20,21,22,23);1H. The number of hydroxylamine groups is 1. The van der Waals surface area contributed by atoms with Gasteiger partial charge in [0.25, 0.3) is 0 Å². The van der Waals surface area contributed by atoms with Crippen LogP contribution in [0.1, 0.15) is 51.2 Å². The molecule has 1 aromatic carbocycles. The summed E-state index contributed by atoms with van der Waals surface area (Å²) >= 11 is 0. The molecule has 7 nitrogen and oxygen atoms in total. The molecule has 0 aliphatic rings. The minimum Gasteiger partial charge on any atom is -0.493 e. The second-order valence-corrected chi connectivity index (χ2v) is 6.40. The monoisotopic (exact) mass is 385 g/mol. The third-order valence-electron chi connectivity index (χ3n) is 3.32. The summed E-state index contributed by atoms with van der Waals surface area (Å²) in [6.45, 7) is 11.3. The van der Waals surface area contributed by atoms with Crippen LogP contribution in [0.25, 0.3) is 0 Å². The van der Waals surface area contributed by atoms with Crippen molar-refractivity contribution in [3.63, 3.8) is 0 Å². The number of rotatable bonds is 8. The molecule has 1 aromatic rings. The molecule has 5 N–H and O–H groups in total. The Morgan fingerprint density at radius 2 is 1.85 bits per heavy atom. The van der Waals surface area contributed by atoms with E-state index in [0.29, 0.717) is 25.6 Å². The van der Waals surface area contributed by atoms with Gasteiger partial charge >= 0.3 is 0 Å². The summed E-state index contributed by atoms with van der Waals surface area (Å²) in [5.74, 6) is 1.57. The van der Waals surface area contributed by atoms with E-state index in [0.717, 1.165) is 5.75 Å². The highest BCUT2D eigenvalue weighted by Crippen LogP contribution is 2.23. The van der Waals surface area contributed by atoms with Crippen molar-refractivity contribution in [2.24, 2.45) is 21.5 Å². The third-order valence-corrected chi connectivity index (χ3v) is 3.32. The van der Waals surface area contributed by atoms with Crippen molar-refractivity contribution in [3.05, 3.63) is 29.3 Å². The van der Waals surface area contributed by atoms with Gasteiger partial charge in [0.05, 0.1) is 13.2 Å². The van der Waals surface area contributed by atoms with E-state index < -0.39 is 0 Å². The van der Waals surface area contributed by atoms with Crippen molar-refractivity contribution < 1.29 is 9.57 Å². The molecule has 0 unspecified atom stereocenters. The first-order valence-corrected chi connectivity index (χ1v) is 8.58. The molecular weight excluding hydrogens is 354 g/mol. The number of guanidine groups is 2. The van der Waals surface area contributed by atoms with E-state index in [1.807, 2.05) is 19.9 Å². The van der Waals surface area contributed by atoms with E-state index in [1.165, 1.54) is 11.1 Å². The number of nitrogens with one attached hydrogen (secondary N) is 1. The first-order chi connectivity index (χ1) is 11.8. The fourth-order valence-corrected chi connectivity index (χ4v) is 2.27. The number of aryl methyl sites for hydroxylation is 1. The predicted molar refractivity (Wildman–Crippen MR) is 110 cm³/mol. The van der Waals surface area contributed by atoms with Crippen molar-refractivity contribution >= 4 is 24.3 Å². The van der Waals surface area contributed by atoms with Crippen LogP contribution in [-0.4, -0.2) is 31.2 Å². The average Bonchev–Trinajstić information content (AvgIpc) is 2.49. The molecule has 0 spiro atoms. The number of hydrogen-bond acceptors (Lipinski definition) is 3. The molecule has 0 fully saturated rings. The van der Waals surface area contributed by atoms with Gasteiger partial charge in [-0.1, -0.05) is 19.9 Å². The van der Waals surface area contributed by atoms with Gasteiger partial charge in [-0.3, -0.25) is 4.84 Å². The highest BCUT2D eigenvalue weighted by Gasteiger charge is 2.04. The van der Waals surface area contributed by atoms with Crippen LogP contribution in [0.3, 0.4) is 0 Å². The van der Waals surface area contributed by atoms with Crippen molar-refractivity contribution in [1.29, 1.82) is 0 Å². The summed E-state index contributed by atoms with van der Waals surface area (Å²) in [6, 6.07) is 6.25. The first-order valence-electron chi connectivity index (χ1n) is 8.58. The van der Waals surface area contributed by atoms with Gasteiger partial charge in [0.2, 0.25) is 11.9 Å². The maximum absolute atomic E-state index is 5.73. The summed E-state index contributed by atoms with van der Waals surface area (Å²) in [5.41, 5.74) is 16.3. The quantitative estimate of drug-likeness (QED) is 0.276. The number of ether oxygens (including phenoxy) is 1. The van der Waals surface area contributed by atoms with Crippen LogP contribution in [0.5, 0.6) is 5.75 Å². The van der Waals surface area contributed by atoms with Gasteiger partial charge in [-0.05, 0) is 49.9 Å². The molecule has 0 saturated heterocycles. The maximum atomic E-state index is 5.73. The largest absolute Gasteiger partial charge is 0.493 e. The van der Waals surface area contributed by atoms with Gasteiger partial charge in [0.1, 0.15) is 5.75 Å². The topological polar surface area (TPSA) is 107 Å². The minimum absolute atomic E-state index is 0. The van der Waals surface area contributed by atoms with Crippen LogP contribution >= 0.6 is 12.4 Å². The minimum atomic E-state index is 0. The molecule has 1 rings (SSSR count). The molecule has 0 heterocycles. The Bertz CT molecular complexity index is 603. The molecule has 0 aliphatic heterocycles. The number of hydrogen-bond donors (Lipinski definition) is 3. The molecule has 0 atom stereocenters. The van der Waals surface area contributed by atoms with Gasteiger partial charge < -0.3 is 16.2 Å². The van der Waals surface area contributed by atoms with Gasteiger partial charge in [-0.2, -0.15) is 4.99 Å². The van der Waals surface area contributed by atoms with Gasteiger partial charge in [0.15, 0.2) is 0 Å². The lowest BCUT2D eigenvalue weighted by Crippen LogP contribution is -2.34. The first kappa shape index (κ1) is 24.0. The van der Waals surface area contributed by atoms with Crippen molar-refractivity contribution in [2.75, 3.05) is 13.2 Å². The van der Waals surface area contributed by atoms with Crippen molar-refractivity contribution in [1.82, 2.24) is 5.48 Å². The molecule has 0 aliphatic carbocycles. The SMILES string of the molecule is Cc1cc(OCCCONC(N)=NC(N)=NC(C)C)ccc1C(C)C.Cl. The Kier molecular flexibility index (Phi) is 11.4. The number of benzene rings is 1. The molecule has 0 radical (unpaired) electrons. The molecule has 0 bridgehead atoms. The van der Waals surface area contributed by atoms with Crippen LogP contribution in [0.15, 0.2) is 28.2 Å². The van der Waals surface area contributed by atoms with Crippen LogP contribution in [0.2, 0.25) is 0 Å². The average molecular weight is 386 g/mol. The Morgan fingerprint density at radius 3 is 2.42 bits per heavy atom. The van der Waals surface area contributed by atoms with Gasteiger partial charge in [0, 0.05) is 12.5 Å². The zero-order chi connectivity index (χ0) is 18.8. The zero-order valence-electron chi connectivity index (χ0n) is 16.3. The molecule has 0 amide bonds. The Hall–Kier alpha value is -1.99. The molecule has 148 valence electrons. The van der Waals surface area contributed by atoms with E-state index in [2.05, 4.69) is 48.4 Å². The normalized spacial score (nSPS) is 12.3. The number of nitrogens with zero attached hydrogens (tertiary/aromatic N) is 2. The van der Waals surface area contributed by atoms with Crippen molar-refractivity contribution in [2.45, 2.75) is 53.0 Å². The second-order valence-electron chi connectivity index (χ2n) is 6.40. The number of nitrogens with two attached hydrogens (primary N) is 2. The molecule has 0 saturated carbocycles. The van der Waals surface area contributed by atoms with E-state index in [9.17, 15) is 0 Å². The van der Waals surface area contributed by atoms with E-state index in [4.69, 9.17) is 21.0 Å². The van der Waals surface area contributed by atoms with E-state index >= 15 is 0 Å². The summed E-state index contributed by atoms with van der Waals surface area (Å²) < 4.78 is 5.73. The van der Waals surface area contributed by atoms with E-state index in [-0.39, 0.29) is 30.4 Å². The molecule has 8 heteroatoms. The molecule has 26 heavy (non-hydrogen) atoms. The Labute approximate surface area is 162 Å². The third kappa shape index (κ3) is 9.48. The summed E-state index contributed by atoms with van der Waals surface area (Å²) in [5, 5.41) is 0. The van der Waals surface area contributed by atoms with Crippen LogP contribution < -0.4 is 21.7 Å². The fraction of sp³-hybridized carbons (Fsp3) is 0.556. The van der Waals surface area contributed by atoms with Crippen LogP contribution in [0, 0.1) is 6.92 Å². The fourth-order valence-electron chi connectivity index (χ4n) is 2.27. The Morgan fingerprint density at radius 1 is 1.15 bits per heavy atom. The van der Waals surface area contributed by atoms with Gasteiger partial charge in [-0.25, -0.2) is 10.5 Å². The van der Waals surface area contributed by atoms with Crippen LogP contribution in [0.4, 0.5) is 0 Å². The maximum Gasteiger partial charge on any atom is 0.221 e. The summed E-state index contributed by atoms with van der Waals surface area (Å²) in [7, 11) is 0. The van der Waals surface area contributed by atoms with Crippen LogP contribution in [-0.2, 0) is 4.84 Å². The van der Waals surface area contributed by atoms with Gasteiger partial charge in [-0.15, -0.1) is 12.4 Å². The summed E-state index contributed by atoms with van der Waals surface area (Å²) in [4.78, 5) is 13.1. The molecular formula is C18H32ClN5O2. The number of aliphatic imine (C=N–C) groups is 2. The Balaban J connectivity index is 0.00000625. The summed E-state index contributed by atoms with van der Waals surface area (Å²) in [6.07, 6.45) is 0.709. The van der Waals surface area contributed by atoms with E-state index in [1.54, 1.807) is 0 Å². The highest BCUT2D eigenvalue weighted by molar-refractivity contribution is 5.92. The second kappa shape index (κ2) is 12.4. The van der Waals surface area contributed by atoms with Crippen molar-refractivity contribution in [3.8, 4) is 5.75 Å². The zero-order valence-corrected chi connectivity index (χ0v) is 17.1.